The molecule has 3 rings (SSSR count). The van der Waals surface area contributed by atoms with Gasteiger partial charge in [0.25, 0.3) is 0 Å². The number of fused-ring (bicyclic) bond motifs is 1. The number of nitrogens with zero attached hydrogens (tertiary/aromatic N) is 1. The highest BCUT2D eigenvalue weighted by Gasteiger charge is 2.45. The second kappa shape index (κ2) is 4.55. The van der Waals surface area contributed by atoms with Crippen LogP contribution < -0.4 is 0 Å². The van der Waals surface area contributed by atoms with E-state index in [4.69, 9.17) is 4.42 Å². The molecule has 1 aromatic carbocycles. The van der Waals surface area contributed by atoms with Gasteiger partial charge in [0, 0.05) is 11.8 Å². The molecule has 5 heteroatoms. The molecule has 1 aliphatic heterocycles. The van der Waals surface area contributed by atoms with Crippen molar-refractivity contribution in [3.05, 3.63) is 36.1 Å². The second-order valence-electron chi connectivity index (χ2n) is 5.91. The van der Waals surface area contributed by atoms with Crippen LogP contribution in [0, 0.1) is 5.41 Å². The molecule has 2 amide bonds. The van der Waals surface area contributed by atoms with Gasteiger partial charge in [0.15, 0.2) is 5.78 Å². The maximum atomic E-state index is 12.4. The summed E-state index contributed by atoms with van der Waals surface area (Å²) in [5.41, 5.74) is 0.284. The van der Waals surface area contributed by atoms with E-state index in [1.807, 2.05) is 12.1 Å². The minimum Gasteiger partial charge on any atom is -0.464 e. The Hall–Kier alpha value is -2.43. The van der Waals surface area contributed by atoms with Gasteiger partial charge < -0.3 is 4.42 Å². The van der Waals surface area contributed by atoms with Crippen molar-refractivity contribution < 1.29 is 18.8 Å². The molecule has 0 bridgehead atoms. The van der Waals surface area contributed by atoms with Crippen LogP contribution >= 0.6 is 0 Å². The normalized spacial score (nSPS) is 17.7. The lowest BCUT2D eigenvalue weighted by atomic mass is 9.92. The van der Waals surface area contributed by atoms with Crippen LogP contribution in [0.15, 0.2) is 34.9 Å². The largest absolute Gasteiger partial charge is 0.464 e. The molecule has 2 heterocycles. The number of furan rings is 1. The highest BCUT2D eigenvalue weighted by Crippen LogP contribution is 2.32. The Balaban J connectivity index is 1.87. The molecule has 21 heavy (non-hydrogen) atoms. The van der Waals surface area contributed by atoms with E-state index in [1.54, 1.807) is 26.0 Å². The van der Waals surface area contributed by atoms with Crippen molar-refractivity contribution in [2.24, 2.45) is 5.41 Å². The SMILES string of the molecule is CC1(C)CC(=O)N(CC(=O)c2coc3ccccc23)C1=O. The zero-order valence-electron chi connectivity index (χ0n) is 11.9. The third kappa shape index (κ3) is 2.14. The summed E-state index contributed by atoms with van der Waals surface area (Å²) in [5.74, 6) is -0.890. The van der Waals surface area contributed by atoms with Crippen molar-refractivity contribution in [2.75, 3.05) is 6.54 Å². The van der Waals surface area contributed by atoms with E-state index in [1.165, 1.54) is 6.26 Å². The van der Waals surface area contributed by atoms with Crippen LogP contribution in [-0.2, 0) is 9.59 Å². The van der Waals surface area contributed by atoms with Crippen molar-refractivity contribution in [1.82, 2.24) is 4.90 Å². The molecule has 1 saturated heterocycles. The van der Waals surface area contributed by atoms with E-state index in [0.717, 1.165) is 4.90 Å². The molecule has 0 N–H and O–H groups in total. The molecule has 1 aromatic heterocycles. The van der Waals surface area contributed by atoms with Crippen LogP contribution in [0.1, 0.15) is 30.6 Å². The number of amides is 2. The maximum absolute atomic E-state index is 12.4. The van der Waals surface area contributed by atoms with E-state index < -0.39 is 5.41 Å². The Kier molecular flexibility index (Phi) is 2.93. The van der Waals surface area contributed by atoms with Gasteiger partial charge in [-0.05, 0) is 6.07 Å². The van der Waals surface area contributed by atoms with E-state index in [-0.39, 0.29) is 30.6 Å². The van der Waals surface area contributed by atoms with Crippen LogP contribution in [0.2, 0.25) is 0 Å². The molecule has 2 aromatic rings. The first-order valence-corrected chi connectivity index (χ1v) is 6.74. The number of hydrogen-bond acceptors (Lipinski definition) is 4. The number of rotatable bonds is 3. The van der Waals surface area contributed by atoms with E-state index in [9.17, 15) is 14.4 Å². The van der Waals surface area contributed by atoms with Crippen molar-refractivity contribution in [3.8, 4) is 0 Å². The first kappa shape index (κ1) is 13.5. The predicted octanol–water partition coefficient (Wildman–Crippen LogP) is 2.40. The van der Waals surface area contributed by atoms with Gasteiger partial charge in [-0.3, -0.25) is 19.3 Å². The van der Waals surface area contributed by atoms with Gasteiger partial charge in [-0.2, -0.15) is 0 Å². The first-order valence-electron chi connectivity index (χ1n) is 6.74. The van der Waals surface area contributed by atoms with Gasteiger partial charge >= 0.3 is 0 Å². The molecule has 108 valence electrons. The quantitative estimate of drug-likeness (QED) is 0.641. The Labute approximate surface area is 121 Å². The van der Waals surface area contributed by atoms with Crippen molar-refractivity contribution in [1.29, 1.82) is 0 Å². The van der Waals surface area contributed by atoms with Gasteiger partial charge in [0.1, 0.15) is 11.8 Å². The number of ketones is 1. The van der Waals surface area contributed by atoms with Crippen LogP contribution in [0.3, 0.4) is 0 Å². The van der Waals surface area contributed by atoms with Gasteiger partial charge in [0.2, 0.25) is 11.8 Å². The fourth-order valence-electron chi connectivity index (χ4n) is 2.61. The van der Waals surface area contributed by atoms with Crippen molar-refractivity contribution in [2.45, 2.75) is 20.3 Å². The smallest absolute Gasteiger partial charge is 0.235 e. The Bertz CT molecular complexity index is 756. The average molecular weight is 285 g/mol. The molecule has 0 aliphatic carbocycles. The van der Waals surface area contributed by atoms with E-state index >= 15 is 0 Å². The number of para-hydroxylation sites is 1. The topological polar surface area (TPSA) is 67.6 Å². The summed E-state index contributed by atoms with van der Waals surface area (Å²) < 4.78 is 5.32. The first-order chi connectivity index (χ1) is 9.90. The lowest BCUT2D eigenvalue weighted by Crippen LogP contribution is -2.37. The summed E-state index contributed by atoms with van der Waals surface area (Å²) in [4.78, 5) is 37.5. The Morgan fingerprint density at radius 3 is 2.67 bits per heavy atom. The predicted molar refractivity (Wildman–Crippen MR) is 75.7 cm³/mol. The maximum Gasteiger partial charge on any atom is 0.235 e. The fraction of sp³-hybridized carbons (Fsp3) is 0.312. The van der Waals surface area contributed by atoms with Crippen LogP contribution in [0.25, 0.3) is 11.0 Å². The summed E-state index contributed by atoms with van der Waals surface area (Å²) in [6.45, 7) is 3.19. The molecule has 1 aliphatic rings. The number of imide groups is 1. The average Bonchev–Trinajstić information content (AvgIpc) is 2.94. The lowest BCUT2D eigenvalue weighted by molar-refractivity contribution is -0.140. The van der Waals surface area contributed by atoms with E-state index in [2.05, 4.69) is 0 Å². The standard InChI is InChI=1S/C16H15NO4/c1-16(2)7-14(19)17(15(16)20)8-12(18)11-9-21-13-6-4-3-5-10(11)13/h3-6,9H,7-8H2,1-2H3. The highest BCUT2D eigenvalue weighted by molar-refractivity contribution is 6.13. The molecule has 0 spiro atoms. The van der Waals surface area contributed by atoms with Gasteiger partial charge in [-0.15, -0.1) is 0 Å². The molecule has 0 saturated carbocycles. The summed E-state index contributed by atoms with van der Waals surface area (Å²) in [6.07, 6.45) is 1.52. The molecule has 1 fully saturated rings. The second-order valence-corrected chi connectivity index (χ2v) is 5.91. The monoisotopic (exact) mass is 285 g/mol. The number of hydrogen-bond donors (Lipinski definition) is 0. The van der Waals surface area contributed by atoms with Gasteiger partial charge in [-0.25, -0.2) is 0 Å². The van der Waals surface area contributed by atoms with Gasteiger partial charge in [-0.1, -0.05) is 32.0 Å². The lowest BCUT2D eigenvalue weighted by Gasteiger charge is -2.16. The van der Waals surface area contributed by atoms with Gasteiger partial charge in [0.05, 0.1) is 17.5 Å². The number of carbonyl (C=O) groups excluding carboxylic acids is 3. The number of Topliss-reactive ketones (excluding diaryl/α,β-unsaturated/α-hetero) is 1. The third-order valence-electron chi connectivity index (χ3n) is 3.80. The number of benzene rings is 1. The molecular weight excluding hydrogens is 270 g/mol. The minimum atomic E-state index is -0.726. The number of likely N-dealkylation sites (tertiary alicyclic amines) is 1. The number of carbonyl (C=O) groups is 3. The molecule has 5 nitrogen and oxygen atoms in total. The summed E-state index contributed by atoms with van der Waals surface area (Å²) >= 11 is 0. The fourth-order valence-corrected chi connectivity index (χ4v) is 2.61. The van der Waals surface area contributed by atoms with Crippen molar-refractivity contribution in [3.63, 3.8) is 0 Å². The highest BCUT2D eigenvalue weighted by atomic mass is 16.3. The summed E-state index contributed by atoms with van der Waals surface area (Å²) in [6, 6.07) is 7.17. The summed E-state index contributed by atoms with van der Waals surface area (Å²) in [5, 5.41) is 0.695. The Morgan fingerprint density at radius 1 is 1.29 bits per heavy atom. The van der Waals surface area contributed by atoms with Crippen LogP contribution in [0.5, 0.6) is 0 Å². The summed E-state index contributed by atoms with van der Waals surface area (Å²) in [7, 11) is 0. The molecule has 0 unspecified atom stereocenters. The zero-order chi connectivity index (χ0) is 15.2. The molecule has 0 radical (unpaired) electrons. The molecule has 0 atom stereocenters. The third-order valence-corrected chi connectivity index (χ3v) is 3.80. The zero-order valence-corrected chi connectivity index (χ0v) is 11.9. The van der Waals surface area contributed by atoms with Crippen LogP contribution in [0.4, 0.5) is 0 Å². The molecular formula is C16H15NO4. The minimum absolute atomic E-state index is 0.144. The van der Waals surface area contributed by atoms with Crippen molar-refractivity contribution >= 4 is 28.6 Å². The van der Waals surface area contributed by atoms with Crippen LogP contribution in [-0.4, -0.2) is 29.0 Å². The Morgan fingerprint density at radius 2 is 2.00 bits per heavy atom. The van der Waals surface area contributed by atoms with E-state index in [0.29, 0.717) is 16.5 Å².